The van der Waals surface area contributed by atoms with Crippen molar-refractivity contribution in [2.24, 2.45) is 0 Å². The zero-order valence-corrected chi connectivity index (χ0v) is 10.4. The predicted molar refractivity (Wildman–Crippen MR) is 67.1 cm³/mol. The van der Waals surface area contributed by atoms with Gasteiger partial charge in [-0.2, -0.15) is 0 Å². The van der Waals surface area contributed by atoms with E-state index in [9.17, 15) is 4.79 Å². The Hall–Kier alpha value is -1.35. The van der Waals surface area contributed by atoms with Crippen LogP contribution in [0, 0.1) is 6.92 Å². The van der Waals surface area contributed by atoms with Gasteiger partial charge in [-0.3, -0.25) is 4.79 Å². The van der Waals surface area contributed by atoms with E-state index in [0.717, 1.165) is 30.6 Å². The van der Waals surface area contributed by atoms with Gasteiger partial charge in [0.2, 0.25) is 0 Å². The average Bonchev–Trinajstić information content (AvgIpc) is 2.82. The number of ether oxygens (including phenoxy) is 1. The summed E-state index contributed by atoms with van der Waals surface area (Å²) in [7, 11) is 0. The molecule has 1 amide bonds. The maximum Gasteiger partial charge on any atom is 0.251 e. The summed E-state index contributed by atoms with van der Waals surface area (Å²) in [6, 6.07) is 7.71. The second-order valence-corrected chi connectivity index (χ2v) is 4.63. The van der Waals surface area contributed by atoms with Crippen molar-refractivity contribution in [2.45, 2.75) is 38.8 Å². The van der Waals surface area contributed by atoms with Crippen molar-refractivity contribution >= 4 is 5.91 Å². The Kier molecular flexibility index (Phi) is 3.79. The lowest BCUT2D eigenvalue weighted by atomic mass is 10.1. The molecule has 1 aliphatic heterocycles. The normalized spacial score (nSPS) is 21.2. The molecule has 0 spiro atoms. The van der Waals surface area contributed by atoms with Crippen LogP contribution < -0.4 is 5.32 Å². The van der Waals surface area contributed by atoms with Crippen LogP contribution in [0.5, 0.6) is 0 Å². The van der Waals surface area contributed by atoms with E-state index < -0.39 is 0 Å². The van der Waals surface area contributed by atoms with Gasteiger partial charge in [0.05, 0.1) is 12.1 Å². The van der Waals surface area contributed by atoms with Gasteiger partial charge in [-0.15, -0.1) is 0 Å². The summed E-state index contributed by atoms with van der Waals surface area (Å²) in [5.41, 5.74) is 1.75. The Morgan fingerprint density at radius 2 is 2.24 bits per heavy atom. The number of hydrogen-bond donors (Lipinski definition) is 1. The van der Waals surface area contributed by atoms with Crippen molar-refractivity contribution in [2.75, 3.05) is 6.61 Å². The standard InChI is InChI=1S/C14H19NO2/c1-10-6-3-4-7-12(10)14(16)15-11(2)13-8-5-9-17-13/h3-4,6-7,11,13H,5,8-9H2,1-2H3,(H,15,16)/t11-,13+/m0/s1. The van der Waals surface area contributed by atoms with E-state index in [1.807, 2.05) is 38.1 Å². The third-order valence-electron chi connectivity index (χ3n) is 3.27. The smallest absolute Gasteiger partial charge is 0.251 e. The first-order chi connectivity index (χ1) is 8.18. The summed E-state index contributed by atoms with van der Waals surface area (Å²) < 4.78 is 5.57. The summed E-state index contributed by atoms with van der Waals surface area (Å²) in [6.45, 7) is 4.77. The molecular weight excluding hydrogens is 214 g/mol. The molecule has 92 valence electrons. The summed E-state index contributed by atoms with van der Waals surface area (Å²) in [5, 5.41) is 3.02. The first kappa shape index (κ1) is 12.1. The lowest BCUT2D eigenvalue weighted by Gasteiger charge is -2.20. The maximum atomic E-state index is 12.1. The highest BCUT2D eigenvalue weighted by atomic mass is 16.5. The number of hydrogen-bond acceptors (Lipinski definition) is 2. The average molecular weight is 233 g/mol. The Bertz CT molecular complexity index is 397. The lowest BCUT2D eigenvalue weighted by molar-refractivity contribution is 0.0712. The predicted octanol–water partition coefficient (Wildman–Crippen LogP) is 2.29. The fourth-order valence-corrected chi connectivity index (χ4v) is 2.20. The van der Waals surface area contributed by atoms with Crippen molar-refractivity contribution < 1.29 is 9.53 Å². The third kappa shape index (κ3) is 2.86. The van der Waals surface area contributed by atoms with E-state index in [1.54, 1.807) is 0 Å². The first-order valence-electron chi connectivity index (χ1n) is 6.16. The highest BCUT2D eigenvalue weighted by Gasteiger charge is 2.24. The number of amides is 1. The molecule has 1 aromatic carbocycles. The lowest BCUT2D eigenvalue weighted by Crippen LogP contribution is -2.41. The number of carbonyl (C=O) groups excluding carboxylic acids is 1. The molecule has 17 heavy (non-hydrogen) atoms. The molecule has 1 aliphatic rings. The number of rotatable bonds is 3. The minimum Gasteiger partial charge on any atom is -0.376 e. The molecular formula is C14H19NO2. The molecule has 1 aromatic rings. The van der Waals surface area contributed by atoms with Gasteiger partial charge < -0.3 is 10.1 Å². The van der Waals surface area contributed by atoms with Crippen LogP contribution in [0.1, 0.15) is 35.7 Å². The summed E-state index contributed by atoms with van der Waals surface area (Å²) in [4.78, 5) is 12.1. The molecule has 3 heteroatoms. The zero-order valence-electron chi connectivity index (χ0n) is 10.4. The zero-order chi connectivity index (χ0) is 12.3. The van der Waals surface area contributed by atoms with Gasteiger partial charge in [0.1, 0.15) is 0 Å². The van der Waals surface area contributed by atoms with Crippen molar-refractivity contribution in [3.63, 3.8) is 0 Å². The van der Waals surface area contributed by atoms with Crippen LogP contribution >= 0.6 is 0 Å². The van der Waals surface area contributed by atoms with Crippen LogP contribution in [0.4, 0.5) is 0 Å². The van der Waals surface area contributed by atoms with Crippen LogP contribution in [-0.4, -0.2) is 24.7 Å². The van der Waals surface area contributed by atoms with Crippen LogP contribution in [0.3, 0.4) is 0 Å². The molecule has 2 rings (SSSR count). The molecule has 1 N–H and O–H groups in total. The SMILES string of the molecule is Cc1ccccc1C(=O)N[C@@H](C)[C@H]1CCCO1. The molecule has 0 bridgehead atoms. The van der Waals surface area contributed by atoms with E-state index in [2.05, 4.69) is 5.32 Å². The number of aryl methyl sites for hydroxylation is 1. The second kappa shape index (κ2) is 5.32. The van der Waals surface area contributed by atoms with Crippen molar-refractivity contribution in [1.29, 1.82) is 0 Å². The molecule has 0 aromatic heterocycles. The van der Waals surface area contributed by atoms with E-state index in [4.69, 9.17) is 4.74 Å². The third-order valence-corrected chi connectivity index (χ3v) is 3.27. The van der Waals surface area contributed by atoms with Gasteiger partial charge in [0.25, 0.3) is 5.91 Å². The van der Waals surface area contributed by atoms with Gasteiger partial charge in [0.15, 0.2) is 0 Å². The molecule has 0 unspecified atom stereocenters. The Morgan fingerprint density at radius 3 is 2.88 bits per heavy atom. The van der Waals surface area contributed by atoms with Crippen molar-refractivity contribution in [3.05, 3.63) is 35.4 Å². The minimum atomic E-state index is -0.00824. The van der Waals surface area contributed by atoms with Crippen LogP contribution in [0.25, 0.3) is 0 Å². The molecule has 1 saturated heterocycles. The van der Waals surface area contributed by atoms with Crippen LogP contribution in [-0.2, 0) is 4.74 Å². The molecule has 0 aliphatic carbocycles. The van der Waals surface area contributed by atoms with E-state index in [0.29, 0.717) is 0 Å². The van der Waals surface area contributed by atoms with E-state index >= 15 is 0 Å². The molecule has 0 radical (unpaired) electrons. The Balaban J connectivity index is 1.99. The van der Waals surface area contributed by atoms with Crippen molar-refractivity contribution in [3.8, 4) is 0 Å². The summed E-state index contributed by atoms with van der Waals surface area (Å²) >= 11 is 0. The fraction of sp³-hybridized carbons (Fsp3) is 0.500. The number of carbonyl (C=O) groups is 1. The summed E-state index contributed by atoms with van der Waals surface area (Å²) in [6.07, 6.45) is 2.30. The fourth-order valence-electron chi connectivity index (χ4n) is 2.20. The number of nitrogens with one attached hydrogen (secondary N) is 1. The molecule has 0 saturated carbocycles. The molecule has 1 heterocycles. The Morgan fingerprint density at radius 1 is 1.47 bits per heavy atom. The quantitative estimate of drug-likeness (QED) is 0.870. The monoisotopic (exact) mass is 233 g/mol. The molecule has 3 nitrogen and oxygen atoms in total. The number of benzene rings is 1. The highest BCUT2D eigenvalue weighted by Crippen LogP contribution is 2.16. The van der Waals surface area contributed by atoms with E-state index in [-0.39, 0.29) is 18.1 Å². The van der Waals surface area contributed by atoms with E-state index in [1.165, 1.54) is 0 Å². The minimum absolute atomic E-state index is 0.00824. The first-order valence-corrected chi connectivity index (χ1v) is 6.16. The van der Waals surface area contributed by atoms with Gasteiger partial charge in [0, 0.05) is 12.2 Å². The van der Waals surface area contributed by atoms with Crippen molar-refractivity contribution in [1.82, 2.24) is 5.32 Å². The van der Waals surface area contributed by atoms with Gasteiger partial charge in [-0.1, -0.05) is 18.2 Å². The maximum absolute atomic E-state index is 12.1. The van der Waals surface area contributed by atoms with Crippen LogP contribution in [0.2, 0.25) is 0 Å². The highest BCUT2D eigenvalue weighted by molar-refractivity contribution is 5.95. The molecule has 2 atom stereocenters. The van der Waals surface area contributed by atoms with Crippen LogP contribution in [0.15, 0.2) is 24.3 Å². The largest absolute Gasteiger partial charge is 0.376 e. The van der Waals surface area contributed by atoms with Gasteiger partial charge in [-0.25, -0.2) is 0 Å². The topological polar surface area (TPSA) is 38.3 Å². The Labute approximate surface area is 102 Å². The van der Waals surface area contributed by atoms with Gasteiger partial charge in [-0.05, 0) is 38.3 Å². The second-order valence-electron chi connectivity index (χ2n) is 4.63. The summed E-state index contributed by atoms with van der Waals surface area (Å²) in [5.74, 6) is -0.00824. The van der Waals surface area contributed by atoms with Gasteiger partial charge >= 0.3 is 0 Å². The molecule has 1 fully saturated rings.